The lowest BCUT2D eigenvalue weighted by molar-refractivity contribution is -0.145. The minimum atomic E-state index is -0.965. The summed E-state index contributed by atoms with van der Waals surface area (Å²) >= 11 is 0. The third-order valence-corrected chi connectivity index (χ3v) is 6.63. The van der Waals surface area contributed by atoms with Crippen LogP contribution in [0.15, 0.2) is 91.1 Å². The Balaban J connectivity index is 1.57. The smallest absolute Gasteiger partial charge is 0.322 e. The van der Waals surface area contributed by atoms with Gasteiger partial charge in [0.1, 0.15) is 12.1 Å². The van der Waals surface area contributed by atoms with Crippen molar-refractivity contribution in [3.8, 4) is 0 Å². The van der Waals surface area contributed by atoms with Crippen molar-refractivity contribution in [3.63, 3.8) is 0 Å². The van der Waals surface area contributed by atoms with E-state index < -0.39 is 18.1 Å². The molecule has 0 radical (unpaired) electrons. The molecule has 1 aromatic heterocycles. The lowest BCUT2D eigenvalue weighted by Gasteiger charge is -2.35. The number of nitrogens with zero attached hydrogens (tertiary/aromatic N) is 2. The summed E-state index contributed by atoms with van der Waals surface area (Å²) in [6, 6.07) is 26.0. The fourth-order valence-electron chi connectivity index (χ4n) is 4.67. The number of H-pyrrole nitrogens is 1. The maximum atomic E-state index is 13.8. The molecule has 0 unspecified atom stereocenters. The molecule has 0 bridgehead atoms. The Labute approximate surface area is 217 Å². The largest absolute Gasteiger partial charge is 0.480 e. The van der Waals surface area contributed by atoms with Crippen LogP contribution in [-0.2, 0) is 29.0 Å². The first-order valence-corrected chi connectivity index (χ1v) is 12.6. The minimum Gasteiger partial charge on any atom is -0.480 e. The molecule has 1 amide bonds. The van der Waals surface area contributed by atoms with Gasteiger partial charge in [-0.1, -0.05) is 85.8 Å². The highest BCUT2D eigenvalue weighted by atomic mass is 16.4. The van der Waals surface area contributed by atoms with E-state index in [2.05, 4.69) is 10.4 Å². The average molecular weight is 499 g/mol. The summed E-state index contributed by atoms with van der Waals surface area (Å²) in [7, 11) is 1.79. The molecule has 0 saturated carbocycles. The fraction of sp³-hybridized carbons (Fsp3) is 0.267. The Kier molecular flexibility index (Phi) is 8.72. The quantitative estimate of drug-likeness (QED) is 0.254. The number of amides is 1. The van der Waals surface area contributed by atoms with Gasteiger partial charge in [0.2, 0.25) is 5.91 Å². The first-order valence-electron chi connectivity index (χ1n) is 12.6. The summed E-state index contributed by atoms with van der Waals surface area (Å²) in [6.07, 6.45) is 2.60. The molecule has 0 fully saturated rings. The molecule has 7 heteroatoms. The number of benzene rings is 3. The van der Waals surface area contributed by atoms with Crippen LogP contribution in [0.1, 0.15) is 23.6 Å². The average Bonchev–Trinajstić information content (AvgIpc) is 3.33. The SMILES string of the molecule is CCN(N[C@H](Cc1c[nH]c2ccccc12)C(=O)O)[C@@H](Cc1ccccc1)C(=O)N(C)Cc1ccccc1. The van der Waals surface area contributed by atoms with Crippen LogP contribution in [0.25, 0.3) is 10.9 Å². The molecule has 4 aromatic rings. The van der Waals surface area contributed by atoms with Crippen LogP contribution in [0.4, 0.5) is 0 Å². The molecule has 0 aliphatic heterocycles. The number of aromatic amines is 1. The Morgan fingerprint density at radius 1 is 0.892 bits per heavy atom. The second kappa shape index (κ2) is 12.3. The maximum absolute atomic E-state index is 13.8. The molecule has 37 heavy (non-hydrogen) atoms. The number of nitrogens with one attached hydrogen (secondary N) is 2. The van der Waals surface area contributed by atoms with Crippen molar-refractivity contribution in [1.82, 2.24) is 20.3 Å². The van der Waals surface area contributed by atoms with E-state index in [0.29, 0.717) is 19.5 Å². The number of hydrogen-bond acceptors (Lipinski definition) is 4. The predicted molar refractivity (Wildman–Crippen MR) is 146 cm³/mol. The van der Waals surface area contributed by atoms with Crippen molar-refractivity contribution >= 4 is 22.8 Å². The molecule has 0 saturated heterocycles. The first kappa shape index (κ1) is 26.1. The van der Waals surface area contributed by atoms with Gasteiger partial charge in [-0.05, 0) is 29.2 Å². The van der Waals surface area contributed by atoms with Crippen molar-refractivity contribution in [2.75, 3.05) is 13.6 Å². The van der Waals surface area contributed by atoms with Crippen molar-refractivity contribution in [2.24, 2.45) is 0 Å². The van der Waals surface area contributed by atoms with Gasteiger partial charge in [0.25, 0.3) is 0 Å². The zero-order chi connectivity index (χ0) is 26.2. The molecule has 0 aliphatic carbocycles. The molecule has 7 nitrogen and oxygen atoms in total. The first-order chi connectivity index (χ1) is 18.0. The number of carboxylic acids is 1. The molecular weight excluding hydrogens is 464 g/mol. The second-order valence-corrected chi connectivity index (χ2v) is 9.25. The molecule has 0 aliphatic rings. The van der Waals surface area contributed by atoms with Crippen molar-refractivity contribution in [3.05, 3.63) is 108 Å². The molecule has 3 aromatic carbocycles. The number of hydrazine groups is 1. The summed E-state index contributed by atoms with van der Waals surface area (Å²) in [5.41, 5.74) is 7.13. The third-order valence-electron chi connectivity index (χ3n) is 6.63. The number of hydrogen-bond donors (Lipinski definition) is 3. The van der Waals surface area contributed by atoms with Crippen LogP contribution in [0, 0.1) is 0 Å². The van der Waals surface area contributed by atoms with Crippen molar-refractivity contribution in [2.45, 2.75) is 38.4 Å². The highest BCUT2D eigenvalue weighted by Gasteiger charge is 2.31. The highest BCUT2D eigenvalue weighted by Crippen LogP contribution is 2.20. The number of carbonyl (C=O) groups excluding carboxylic acids is 1. The maximum Gasteiger partial charge on any atom is 0.322 e. The molecule has 4 rings (SSSR count). The van der Waals surface area contributed by atoms with E-state index in [9.17, 15) is 14.7 Å². The van der Waals surface area contributed by atoms with Crippen LogP contribution in [0.5, 0.6) is 0 Å². The number of aromatic nitrogens is 1. The van der Waals surface area contributed by atoms with E-state index in [0.717, 1.165) is 27.6 Å². The standard InChI is InChI=1S/C30H34N4O3/c1-3-34(32-27(30(36)37)19-24-20-31-26-17-11-10-16-25(24)26)28(18-22-12-6-4-7-13-22)29(35)33(2)21-23-14-8-5-9-15-23/h4-17,20,27-28,31-32H,3,18-19,21H2,1-2H3,(H,36,37)/t27-,28+/m1/s1. The van der Waals surface area contributed by atoms with E-state index >= 15 is 0 Å². The van der Waals surface area contributed by atoms with Crippen LogP contribution in [0.2, 0.25) is 0 Å². The van der Waals surface area contributed by atoms with E-state index in [1.165, 1.54) is 0 Å². The van der Waals surface area contributed by atoms with Gasteiger partial charge in [-0.25, -0.2) is 10.4 Å². The van der Waals surface area contributed by atoms with Gasteiger partial charge in [-0.3, -0.25) is 9.59 Å². The van der Waals surface area contributed by atoms with Gasteiger partial charge in [0.15, 0.2) is 0 Å². The topological polar surface area (TPSA) is 88.7 Å². The molecule has 3 N–H and O–H groups in total. The second-order valence-electron chi connectivity index (χ2n) is 9.25. The molecule has 0 spiro atoms. The van der Waals surface area contributed by atoms with Crippen LogP contribution in [-0.4, -0.2) is 57.6 Å². The highest BCUT2D eigenvalue weighted by molar-refractivity contribution is 5.84. The van der Waals surface area contributed by atoms with E-state index in [4.69, 9.17) is 0 Å². The summed E-state index contributed by atoms with van der Waals surface area (Å²) in [5, 5.41) is 12.9. The zero-order valence-electron chi connectivity index (χ0n) is 21.3. The van der Waals surface area contributed by atoms with E-state index in [-0.39, 0.29) is 12.3 Å². The number of likely N-dealkylation sites (N-methyl/N-ethyl adjacent to an activating group) is 2. The number of carbonyl (C=O) groups is 2. The van der Waals surface area contributed by atoms with Gasteiger partial charge >= 0.3 is 5.97 Å². The van der Waals surface area contributed by atoms with Gasteiger partial charge < -0.3 is 15.0 Å². The Bertz CT molecular complexity index is 1310. The van der Waals surface area contributed by atoms with Gasteiger partial charge in [-0.15, -0.1) is 0 Å². The van der Waals surface area contributed by atoms with Crippen molar-refractivity contribution in [1.29, 1.82) is 0 Å². The number of para-hydroxylation sites is 1. The summed E-state index contributed by atoms with van der Waals surface area (Å²) < 4.78 is 0. The number of rotatable bonds is 12. The number of aliphatic carboxylic acids is 1. The van der Waals surface area contributed by atoms with Crippen LogP contribution < -0.4 is 5.43 Å². The summed E-state index contributed by atoms with van der Waals surface area (Å²) in [6.45, 7) is 2.86. The predicted octanol–water partition coefficient (Wildman–Crippen LogP) is 4.26. The zero-order valence-corrected chi connectivity index (χ0v) is 21.3. The Morgan fingerprint density at radius 2 is 1.51 bits per heavy atom. The van der Waals surface area contributed by atoms with E-state index in [1.54, 1.807) is 17.0 Å². The van der Waals surface area contributed by atoms with Gasteiger partial charge in [0.05, 0.1) is 0 Å². The lowest BCUT2D eigenvalue weighted by atomic mass is 10.0. The van der Waals surface area contributed by atoms with Gasteiger partial charge in [0, 0.05) is 43.7 Å². The summed E-state index contributed by atoms with van der Waals surface area (Å²) in [4.78, 5) is 31.1. The number of fused-ring (bicyclic) bond motifs is 1. The van der Waals surface area contributed by atoms with Crippen molar-refractivity contribution < 1.29 is 14.7 Å². The van der Waals surface area contributed by atoms with Crippen LogP contribution >= 0.6 is 0 Å². The van der Waals surface area contributed by atoms with Gasteiger partial charge in [-0.2, -0.15) is 0 Å². The Hall–Kier alpha value is -3.94. The molecular formula is C30H34N4O3. The fourth-order valence-corrected chi connectivity index (χ4v) is 4.67. The monoisotopic (exact) mass is 498 g/mol. The number of carboxylic acid groups (broad SMARTS) is 1. The Morgan fingerprint density at radius 3 is 2.16 bits per heavy atom. The normalized spacial score (nSPS) is 12.9. The summed E-state index contributed by atoms with van der Waals surface area (Å²) in [5.74, 6) is -1.04. The molecule has 192 valence electrons. The molecule has 1 heterocycles. The molecule has 2 atom stereocenters. The lowest BCUT2D eigenvalue weighted by Crippen LogP contribution is -2.58. The minimum absolute atomic E-state index is 0.0710. The third kappa shape index (κ3) is 6.64. The van der Waals surface area contributed by atoms with Crippen LogP contribution in [0.3, 0.4) is 0 Å². The van der Waals surface area contributed by atoms with E-state index in [1.807, 2.05) is 98.0 Å².